The largest absolute Gasteiger partial charge is 0.485 e. The van der Waals surface area contributed by atoms with Gasteiger partial charge in [-0.15, -0.1) is 0 Å². The molecule has 0 radical (unpaired) electrons. The number of fused-ring (bicyclic) bond motifs is 7. The van der Waals surface area contributed by atoms with Crippen LogP contribution in [0.4, 0.5) is 10.2 Å². The zero-order chi connectivity index (χ0) is 22.4. The van der Waals surface area contributed by atoms with Crippen molar-refractivity contribution in [1.82, 2.24) is 19.7 Å². The zero-order valence-electron chi connectivity index (χ0n) is 17.6. The van der Waals surface area contributed by atoms with E-state index in [1.807, 2.05) is 25.1 Å². The molecule has 158 valence electrons. The lowest BCUT2D eigenvalue weighted by atomic mass is 9.94. The highest BCUT2D eigenvalue weighted by atomic mass is 19.1. The van der Waals surface area contributed by atoms with E-state index in [0.29, 0.717) is 34.6 Å². The number of nitrogen functional groups attached to an aromatic ring is 1. The van der Waals surface area contributed by atoms with E-state index in [2.05, 4.69) is 21.1 Å². The van der Waals surface area contributed by atoms with Crippen LogP contribution in [0.25, 0.3) is 22.4 Å². The maximum atomic E-state index is 14.3. The number of hydrogen-bond donors (Lipinski definition) is 1. The molecule has 1 aliphatic heterocycles. The van der Waals surface area contributed by atoms with Crippen molar-refractivity contribution in [3.63, 3.8) is 0 Å². The average molecular weight is 426 g/mol. The van der Waals surface area contributed by atoms with Crippen molar-refractivity contribution in [2.75, 3.05) is 5.73 Å². The molecular formula is C24H19FN6O. The number of ether oxygens (including phenoxy) is 1. The number of benzene rings is 1. The van der Waals surface area contributed by atoms with Crippen molar-refractivity contribution in [2.45, 2.75) is 20.0 Å². The molecule has 0 aliphatic carbocycles. The van der Waals surface area contributed by atoms with Crippen molar-refractivity contribution < 1.29 is 9.13 Å². The van der Waals surface area contributed by atoms with E-state index < -0.39 is 5.82 Å². The smallest absolute Gasteiger partial charge is 0.170 e. The van der Waals surface area contributed by atoms with Gasteiger partial charge in [-0.1, -0.05) is 23.8 Å². The molecule has 1 aliphatic rings. The summed E-state index contributed by atoms with van der Waals surface area (Å²) < 4.78 is 22.0. The Morgan fingerprint density at radius 1 is 1.16 bits per heavy atom. The number of pyridine rings is 2. The van der Waals surface area contributed by atoms with Gasteiger partial charge in [0.15, 0.2) is 17.3 Å². The average Bonchev–Trinajstić information content (AvgIpc) is 3.08. The Morgan fingerprint density at radius 3 is 2.81 bits per heavy atom. The molecule has 0 saturated heterocycles. The van der Waals surface area contributed by atoms with Crippen LogP contribution in [0.3, 0.4) is 0 Å². The molecule has 0 saturated carbocycles. The van der Waals surface area contributed by atoms with Crippen LogP contribution < -0.4 is 10.5 Å². The summed E-state index contributed by atoms with van der Waals surface area (Å²) in [4.78, 5) is 8.71. The summed E-state index contributed by atoms with van der Waals surface area (Å²) >= 11 is 0. The fourth-order valence-corrected chi connectivity index (χ4v) is 4.12. The third-order valence-corrected chi connectivity index (χ3v) is 5.63. The highest BCUT2D eigenvalue weighted by Crippen LogP contribution is 2.36. The van der Waals surface area contributed by atoms with Gasteiger partial charge in [0.2, 0.25) is 0 Å². The van der Waals surface area contributed by atoms with Gasteiger partial charge in [0.05, 0.1) is 17.6 Å². The Labute approximate surface area is 183 Å². The first-order chi connectivity index (χ1) is 15.4. The molecule has 0 amide bonds. The number of hydrogen-bond acceptors (Lipinski definition) is 6. The van der Waals surface area contributed by atoms with E-state index in [1.54, 1.807) is 24.0 Å². The predicted molar refractivity (Wildman–Crippen MR) is 117 cm³/mol. The Bertz CT molecular complexity index is 1420. The van der Waals surface area contributed by atoms with Gasteiger partial charge >= 0.3 is 0 Å². The molecule has 32 heavy (non-hydrogen) atoms. The summed E-state index contributed by atoms with van der Waals surface area (Å²) in [5.41, 5.74) is 12.5. The van der Waals surface area contributed by atoms with Crippen LogP contribution in [0.2, 0.25) is 0 Å². The quantitative estimate of drug-likeness (QED) is 0.457. The Hall–Kier alpha value is -4.25. The topological polar surface area (TPSA) is 103 Å². The molecule has 4 aromatic rings. The molecule has 2 bridgehead atoms. The van der Waals surface area contributed by atoms with E-state index >= 15 is 0 Å². The molecule has 8 heteroatoms. The van der Waals surface area contributed by atoms with E-state index in [9.17, 15) is 9.65 Å². The second-order valence-electron chi connectivity index (χ2n) is 7.80. The fourth-order valence-electron chi connectivity index (χ4n) is 4.12. The summed E-state index contributed by atoms with van der Waals surface area (Å²) in [5.74, 6) is 0.243. The molecule has 0 atom stereocenters. The number of anilines is 1. The molecule has 0 spiro atoms. The third-order valence-electron chi connectivity index (χ3n) is 5.63. The molecule has 2 N–H and O–H groups in total. The minimum atomic E-state index is -0.429. The second-order valence-corrected chi connectivity index (χ2v) is 7.80. The van der Waals surface area contributed by atoms with Crippen molar-refractivity contribution in [3.8, 4) is 34.2 Å². The van der Waals surface area contributed by atoms with Crippen molar-refractivity contribution in [2.24, 2.45) is 7.05 Å². The molecule has 3 aromatic heterocycles. The summed E-state index contributed by atoms with van der Waals surface area (Å²) in [6, 6.07) is 11.4. The molecular weight excluding hydrogens is 407 g/mol. The zero-order valence-corrected chi connectivity index (χ0v) is 17.6. The lowest BCUT2D eigenvalue weighted by Gasteiger charge is -2.18. The molecule has 4 heterocycles. The molecule has 0 unspecified atom stereocenters. The molecule has 1 aromatic carbocycles. The molecule has 7 nitrogen and oxygen atoms in total. The van der Waals surface area contributed by atoms with E-state index in [0.717, 1.165) is 22.4 Å². The third kappa shape index (κ3) is 3.24. The van der Waals surface area contributed by atoms with Crippen LogP contribution in [-0.2, 0) is 20.1 Å². The standard InChI is InChI=1S/C24H19FN6O/c1-13-3-4-18-16(5-13)12-32-21-8-15(10-29-24(21)27)22-19(9-26)30-31(2)20(22)7-14-6-17(25)11-28-23(14)18/h3-6,8,10-11H,7,12H2,1-2H3,(H2,27,29). The highest BCUT2D eigenvalue weighted by Gasteiger charge is 2.23. The number of nitrogens with two attached hydrogens (primary N) is 1. The maximum absolute atomic E-state index is 14.3. The number of nitrogens with zero attached hydrogens (tertiary/aromatic N) is 5. The Balaban J connectivity index is 1.84. The van der Waals surface area contributed by atoms with E-state index in [-0.39, 0.29) is 18.1 Å². The Morgan fingerprint density at radius 2 is 2.00 bits per heavy atom. The normalized spacial score (nSPS) is 12.3. The van der Waals surface area contributed by atoms with Crippen LogP contribution in [0.5, 0.6) is 5.75 Å². The lowest BCUT2D eigenvalue weighted by Crippen LogP contribution is -2.07. The molecule has 0 fully saturated rings. The SMILES string of the molecule is Cc1ccc2c(c1)COc1cc(cnc1N)-c1c(C#N)nn(C)c1Cc1cc(F)cnc1-2. The predicted octanol–water partition coefficient (Wildman–Crippen LogP) is 3.93. The minimum Gasteiger partial charge on any atom is -0.485 e. The van der Waals surface area contributed by atoms with Crippen LogP contribution in [0.1, 0.15) is 28.1 Å². The van der Waals surface area contributed by atoms with E-state index in [4.69, 9.17) is 10.5 Å². The van der Waals surface area contributed by atoms with Crippen LogP contribution in [0, 0.1) is 24.1 Å². The fraction of sp³-hybridized carbons (Fsp3) is 0.167. The first kappa shape index (κ1) is 19.7. The number of aromatic nitrogens is 4. The summed E-state index contributed by atoms with van der Waals surface area (Å²) in [5, 5.41) is 14.1. The Kier molecular flexibility index (Phi) is 4.59. The number of rotatable bonds is 0. The van der Waals surface area contributed by atoms with Gasteiger partial charge in [0, 0.05) is 36.4 Å². The van der Waals surface area contributed by atoms with Gasteiger partial charge in [0.1, 0.15) is 18.5 Å². The molecule has 5 rings (SSSR count). The van der Waals surface area contributed by atoms with Gasteiger partial charge in [-0.25, -0.2) is 9.37 Å². The van der Waals surface area contributed by atoms with Gasteiger partial charge in [0.25, 0.3) is 0 Å². The van der Waals surface area contributed by atoms with Gasteiger partial charge in [-0.05, 0) is 30.2 Å². The summed E-state index contributed by atoms with van der Waals surface area (Å²) in [6.07, 6.45) is 3.14. The van der Waals surface area contributed by atoms with Crippen LogP contribution in [-0.4, -0.2) is 19.7 Å². The van der Waals surface area contributed by atoms with Gasteiger partial charge in [-0.2, -0.15) is 10.4 Å². The van der Waals surface area contributed by atoms with Crippen LogP contribution in [0.15, 0.2) is 42.7 Å². The maximum Gasteiger partial charge on any atom is 0.170 e. The second kappa shape index (κ2) is 7.46. The van der Waals surface area contributed by atoms with Crippen molar-refractivity contribution >= 4 is 5.82 Å². The minimum absolute atomic E-state index is 0.232. The number of halogens is 1. The number of aryl methyl sites for hydroxylation is 2. The monoisotopic (exact) mass is 426 g/mol. The lowest BCUT2D eigenvalue weighted by molar-refractivity contribution is 0.307. The van der Waals surface area contributed by atoms with Gasteiger partial charge in [-0.3, -0.25) is 9.67 Å². The van der Waals surface area contributed by atoms with Gasteiger partial charge < -0.3 is 10.5 Å². The summed E-state index contributed by atoms with van der Waals surface area (Å²) in [7, 11) is 1.76. The summed E-state index contributed by atoms with van der Waals surface area (Å²) in [6.45, 7) is 2.23. The van der Waals surface area contributed by atoms with E-state index in [1.165, 1.54) is 12.3 Å². The van der Waals surface area contributed by atoms with Crippen LogP contribution >= 0.6 is 0 Å². The number of nitriles is 1. The van der Waals surface area contributed by atoms with Crippen molar-refractivity contribution in [3.05, 3.63) is 76.6 Å². The first-order valence-corrected chi connectivity index (χ1v) is 10.0. The van der Waals surface area contributed by atoms with Crippen molar-refractivity contribution in [1.29, 1.82) is 5.26 Å². The highest BCUT2D eigenvalue weighted by molar-refractivity contribution is 5.75. The first-order valence-electron chi connectivity index (χ1n) is 10.0.